The van der Waals surface area contributed by atoms with E-state index in [1.54, 1.807) is 0 Å². The van der Waals surface area contributed by atoms with E-state index in [-0.39, 0.29) is 28.5 Å². The maximum atomic E-state index is 5.83. The quantitative estimate of drug-likeness (QED) is 0.673. The summed E-state index contributed by atoms with van der Waals surface area (Å²) in [6.07, 6.45) is 0.815. The Labute approximate surface area is 93.9 Å². The first kappa shape index (κ1) is 14.9. The molecule has 0 rings (SSSR count). The Morgan fingerprint density at radius 1 is 1.09 bits per heavy atom. The van der Waals surface area contributed by atoms with E-state index in [4.69, 9.17) is 46.4 Å². The summed E-state index contributed by atoms with van der Waals surface area (Å²) in [4.78, 5) is 0. The number of hydrogen-bond donors (Lipinski definition) is 0. The lowest BCUT2D eigenvalue weighted by molar-refractivity contribution is 0.728. The molecule has 11 heavy (non-hydrogen) atoms. The molecule has 0 aromatic carbocycles. The third-order valence-electron chi connectivity index (χ3n) is 1.23. The van der Waals surface area contributed by atoms with E-state index in [0.29, 0.717) is 5.88 Å². The van der Waals surface area contributed by atoms with Crippen LogP contribution in [0.5, 0.6) is 0 Å². The van der Waals surface area contributed by atoms with Gasteiger partial charge in [-0.05, 0) is 6.42 Å². The molecule has 0 fully saturated rings. The summed E-state index contributed by atoms with van der Waals surface area (Å²) < 4.78 is 0. The number of alkyl halides is 4. The molecule has 0 radical (unpaired) electrons. The molecule has 0 nitrogen and oxygen atoms in total. The zero-order chi connectivity index (χ0) is 8.15. The Bertz CT molecular complexity index is 77.0. The van der Waals surface area contributed by atoms with Crippen molar-refractivity contribution >= 4 is 58.8 Å². The van der Waals surface area contributed by atoms with Crippen molar-refractivity contribution in [2.75, 3.05) is 5.88 Å². The second-order valence-corrected chi connectivity index (χ2v) is 3.97. The van der Waals surface area contributed by atoms with Crippen LogP contribution in [0, 0.1) is 0 Å². The Hall–Kier alpha value is 1.45. The molecular formula is C6H11Cl5. The summed E-state index contributed by atoms with van der Waals surface area (Å²) in [6, 6.07) is 0. The van der Waals surface area contributed by atoms with Crippen molar-refractivity contribution in [3.05, 3.63) is 0 Å². The zero-order valence-corrected chi connectivity index (χ0v) is 9.91. The normalized spacial score (nSPS) is 18.3. The van der Waals surface area contributed by atoms with E-state index < -0.39 is 0 Å². The van der Waals surface area contributed by atoms with Crippen LogP contribution >= 0.6 is 58.8 Å². The van der Waals surface area contributed by atoms with Crippen LogP contribution < -0.4 is 0 Å². The topological polar surface area (TPSA) is 0 Å². The monoisotopic (exact) mass is 258 g/mol. The van der Waals surface area contributed by atoms with Gasteiger partial charge >= 0.3 is 0 Å². The van der Waals surface area contributed by atoms with Gasteiger partial charge in [0, 0.05) is 5.88 Å². The standard InChI is InChI=1S/C6H10Cl4.ClH/c1-2-4(8)6(10)5(9)3-7;/h4-6H,2-3H2,1H3;1H. The van der Waals surface area contributed by atoms with Gasteiger partial charge in [0.05, 0.1) is 16.1 Å². The van der Waals surface area contributed by atoms with Crippen LogP contribution in [-0.4, -0.2) is 22.0 Å². The molecule has 70 valence electrons. The Kier molecular flexibility index (Phi) is 11.0. The third-order valence-corrected chi connectivity index (χ3v) is 3.59. The average molecular weight is 260 g/mol. The largest absolute Gasteiger partial charge is 0.147 e. The molecule has 0 saturated heterocycles. The molecule has 0 aromatic rings. The summed E-state index contributed by atoms with van der Waals surface area (Å²) in [5, 5.41) is -0.542. The number of rotatable bonds is 4. The van der Waals surface area contributed by atoms with Crippen LogP contribution in [0.15, 0.2) is 0 Å². The van der Waals surface area contributed by atoms with Gasteiger partial charge in [0.2, 0.25) is 0 Å². The molecule has 0 saturated carbocycles. The van der Waals surface area contributed by atoms with Crippen LogP contribution in [0.1, 0.15) is 13.3 Å². The molecular weight excluding hydrogens is 249 g/mol. The summed E-state index contributed by atoms with van der Waals surface area (Å²) in [5.41, 5.74) is 0. The van der Waals surface area contributed by atoms with Crippen molar-refractivity contribution < 1.29 is 0 Å². The fourth-order valence-electron chi connectivity index (χ4n) is 0.537. The molecule has 0 heterocycles. The highest BCUT2D eigenvalue weighted by Gasteiger charge is 2.22. The summed E-state index contributed by atoms with van der Waals surface area (Å²) in [7, 11) is 0. The van der Waals surface area contributed by atoms with Gasteiger partial charge in [-0.1, -0.05) is 6.92 Å². The summed E-state index contributed by atoms with van der Waals surface area (Å²) in [6.45, 7) is 1.96. The first-order valence-electron chi connectivity index (χ1n) is 3.11. The predicted molar refractivity (Wildman–Crippen MR) is 57.2 cm³/mol. The zero-order valence-electron chi connectivity index (χ0n) is 6.07. The molecule has 0 aliphatic heterocycles. The van der Waals surface area contributed by atoms with E-state index in [2.05, 4.69) is 0 Å². The minimum atomic E-state index is -0.231. The first-order chi connectivity index (χ1) is 4.63. The van der Waals surface area contributed by atoms with Gasteiger partial charge in [0.1, 0.15) is 0 Å². The SMILES string of the molecule is CCC(Cl)C(Cl)C(Cl)CCl.Cl. The molecule has 3 unspecified atom stereocenters. The third kappa shape index (κ3) is 5.65. The van der Waals surface area contributed by atoms with E-state index in [1.165, 1.54) is 0 Å². The Balaban J connectivity index is 0. The van der Waals surface area contributed by atoms with Crippen molar-refractivity contribution in [1.29, 1.82) is 0 Å². The second kappa shape index (κ2) is 8.07. The minimum absolute atomic E-state index is 0. The first-order valence-corrected chi connectivity index (χ1v) is 4.96. The maximum absolute atomic E-state index is 5.83. The fraction of sp³-hybridized carbons (Fsp3) is 1.00. The Morgan fingerprint density at radius 3 is 1.82 bits per heavy atom. The van der Waals surface area contributed by atoms with Crippen LogP contribution in [-0.2, 0) is 0 Å². The molecule has 3 atom stereocenters. The van der Waals surface area contributed by atoms with Crippen LogP contribution in [0.3, 0.4) is 0 Å². The van der Waals surface area contributed by atoms with Gasteiger partial charge in [0.25, 0.3) is 0 Å². The maximum Gasteiger partial charge on any atom is 0.0674 e. The molecule has 0 aromatic heterocycles. The number of halogens is 5. The van der Waals surface area contributed by atoms with Crippen LogP contribution in [0.25, 0.3) is 0 Å². The van der Waals surface area contributed by atoms with Crippen molar-refractivity contribution in [2.45, 2.75) is 29.5 Å². The van der Waals surface area contributed by atoms with Crippen LogP contribution in [0.4, 0.5) is 0 Å². The van der Waals surface area contributed by atoms with Gasteiger partial charge < -0.3 is 0 Å². The Morgan fingerprint density at radius 2 is 1.55 bits per heavy atom. The molecule has 5 heteroatoms. The van der Waals surface area contributed by atoms with Crippen molar-refractivity contribution in [2.24, 2.45) is 0 Å². The predicted octanol–water partition coefficient (Wildman–Crippen LogP) is 3.88. The van der Waals surface area contributed by atoms with Gasteiger partial charge in [-0.2, -0.15) is 0 Å². The lowest BCUT2D eigenvalue weighted by atomic mass is 10.2. The van der Waals surface area contributed by atoms with Gasteiger partial charge in [-0.3, -0.25) is 0 Å². The molecule has 0 aliphatic carbocycles. The molecule has 0 amide bonds. The minimum Gasteiger partial charge on any atom is -0.147 e. The highest BCUT2D eigenvalue weighted by molar-refractivity contribution is 6.37. The van der Waals surface area contributed by atoms with Gasteiger partial charge in [-0.25, -0.2) is 0 Å². The van der Waals surface area contributed by atoms with E-state index in [9.17, 15) is 0 Å². The summed E-state index contributed by atoms with van der Waals surface area (Å²) >= 11 is 22.9. The molecule has 0 spiro atoms. The van der Waals surface area contributed by atoms with Gasteiger partial charge in [0.15, 0.2) is 0 Å². The number of hydrogen-bond acceptors (Lipinski definition) is 0. The van der Waals surface area contributed by atoms with Crippen molar-refractivity contribution in [3.63, 3.8) is 0 Å². The van der Waals surface area contributed by atoms with E-state index in [1.807, 2.05) is 6.92 Å². The fourth-order valence-corrected chi connectivity index (χ4v) is 1.51. The average Bonchev–Trinajstić information content (AvgIpc) is 2.00. The lowest BCUT2D eigenvalue weighted by Crippen LogP contribution is -2.26. The van der Waals surface area contributed by atoms with E-state index >= 15 is 0 Å². The highest BCUT2D eigenvalue weighted by atomic mass is 35.5. The van der Waals surface area contributed by atoms with Gasteiger partial charge in [-0.15, -0.1) is 58.8 Å². The molecule has 0 bridgehead atoms. The van der Waals surface area contributed by atoms with Crippen LogP contribution in [0.2, 0.25) is 0 Å². The van der Waals surface area contributed by atoms with Crippen molar-refractivity contribution in [3.8, 4) is 0 Å². The second-order valence-electron chi connectivity index (χ2n) is 2.04. The van der Waals surface area contributed by atoms with E-state index in [0.717, 1.165) is 6.42 Å². The summed E-state index contributed by atoms with van der Waals surface area (Å²) in [5.74, 6) is 0.346. The van der Waals surface area contributed by atoms with Crippen molar-refractivity contribution in [1.82, 2.24) is 0 Å². The molecule has 0 N–H and O–H groups in total. The highest BCUT2D eigenvalue weighted by Crippen LogP contribution is 2.21. The molecule has 0 aliphatic rings. The smallest absolute Gasteiger partial charge is 0.0674 e. The lowest BCUT2D eigenvalue weighted by Gasteiger charge is -2.17.